The van der Waals surface area contributed by atoms with Gasteiger partial charge in [0.25, 0.3) is 0 Å². The summed E-state index contributed by atoms with van der Waals surface area (Å²) >= 11 is 6.03. The minimum Gasteiger partial charge on any atom is -0.391 e. The number of aliphatic hydroxyl groups is 1. The van der Waals surface area contributed by atoms with E-state index in [4.69, 9.17) is 0 Å². The Morgan fingerprint density at radius 2 is 1.29 bits per heavy atom. The maximum atomic E-state index is 11.6. The van der Waals surface area contributed by atoms with Crippen LogP contribution in [0.25, 0.3) is 0 Å². The van der Waals surface area contributed by atoms with Crippen molar-refractivity contribution in [3.05, 3.63) is 108 Å². The van der Waals surface area contributed by atoms with Gasteiger partial charge in [0.1, 0.15) is 0 Å². The topological polar surface area (TPSA) is 23.5 Å². The molecular weight excluding hydrogens is 475 g/mol. The Bertz CT molecular complexity index is 915. The van der Waals surface area contributed by atoms with Crippen LogP contribution in [0.3, 0.4) is 0 Å². The van der Waals surface area contributed by atoms with Gasteiger partial charge in [0.15, 0.2) is 0 Å². The molecule has 0 bridgehead atoms. The van der Waals surface area contributed by atoms with Gasteiger partial charge in [-0.05, 0) is 47.5 Å². The van der Waals surface area contributed by atoms with Crippen molar-refractivity contribution in [2.75, 3.05) is 23.8 Å². The highest BCUT2D eigenvalue weighted by molar-refractivity contribution is 8.32. The van der Waals surface area contributed by atoms with Crippen LogP contribution in [-0.4, -0.2) is 49.9 Å². The second-order valence-corrected chi connectivity index (χ2v) is 13.5. The van der Waals surface area contributed by atoms with Crippen molar-refractivity contribution >= 4 is 35.3 Å². The second-order valence-electron chi connectivity index (χ2n) is 9.00. The first kappa shape index (κ1) is 24.3. The van der Waals surface area contributed by atoms with Crippen molar-refractivity contribution in [3.8, 4) is 0 Å². The van der Waals surface area contributed by atoms with Crippen molar-refractivity contribution in [2.45, 2.75) is 40.9 Å². The van der Waals surface area contributed by atoms with Crippen LogP contribution < -0.4 is 0 Å². The van der Waals surface area contributed by atoms with E-state index >= 15 is 0 Å². The molecule has 0 amide bonds. The number of hydrogen-bond donors (Lipinski definition) is 1. The van der Waals surface area contributed by atoms with E-state index in [1.165, 1.54) is 34.6 Å². The Labute approximate surface area is 216 Å². The molecule has 2 heterocycles. The minimum absolute atomic E-state index is 0.117. The van der Waals surface area contributed by atoms with E-state index in [-0.39, 0.29) is 12.1 Å². The van der Waals surface area contributed by atoms with E-state index in [1.54, 1.807) is 0 Å². The molecule has 0 aliphatic carbocycles. The fourth-order valence-corrected chi connectivity index (χ4v) is 10.0. The molecule has 2 aliphatic rings. The van der Waals surface area contributed by atoms with E-state index in [9.17, 15) is 5.11 Å². The molecule has 2 fully saturated rings. The lowest BCUT2D eigenvalue weighted by Gasteiger charge is -2.47. The Balaban J connectivity index is 1.55. The summed E-state index contributed by atoms with van der Waals surface area (Å²) in [4.78, 5) is 2.61. The highest BCUT2D eigenvalue weighted by Crippen LogP contribution is 2.47. The average molecular weight is 508 g/mol. The van der Waals surface area contributed by atoms with Gasteiger partial charge in [0.05, 0.1) is 15.6 Å². The zero-order chi connectivity index (χ0) is 23.2. The zero-order valence-corrected chi connectivity index (χ0v) is 21.9. The van der Waals surface area contributed by atoms with Crippen LogP contribution in [-0.2, 0) is 5.54 Å². The van der Waals surface area contributed by atoms with Gasteiger partial charge in [0, 0.05) is 18.3 Å². The van der Waals surface area contributed by atoms with Crippen LogP contribution >= 0.6 is 35.3 Å². The molecule has 2 aliphatic heterocycles. The van der Waals surface area contributed by atoms with Crippen molar-refractivity contribution in [3.63, 3.8) is 0 Å². The smallest absolute Gasteiger partial charge is 0.0976 e. The molecule has 34 heavy (non-hydrogen) atoms. The molecule has 0 radical (unpaired) electrons. The SMILES string of the molecule is O[C@@H](CSC1SCCCS1)C1CCCN1C(c1ccccc1)(c1ccccc1)c1ccccc1. The average Bonchev–Trinajstić information content (AvgIpc) is 3.41. The lowest BCUT2D eigenvalue weighted by atomic mass is 9.75. The van der Waals surface area contributed by atoms with E-state index in [0.29, 0.717) is 3.91 Å². The third kappa shape index (κ3) is 4.96. The van der Waals surface area contributed by atoms with E-state index in [1.807, 2.05) is 35.3 Å². The summed E-state index contributed by atoms with van der Waals surface area (Å²) in [7, 11) is 0. The molecule has 0 aromatic heterocycles. The summed E-state index contributed by atoms with van der Waals surface area (Å²) in [5.74, 6) is 3.28. The maximum Gasteiger partial charge on any atom is 0.0976 e. The molecule has 0 saturated carbocycles. The number of thioether (sulfide) groups is 3. The number of likely N-dealkylation sites (tertiary alicyclic amines) is 1. The van der Waals surface area contributed by atoms with Crippen molar-refractivity contribution in [1.82, 2.24) is 4.90 Å². The van der Waals surface area contributed by atoms with Gasteiger partial charge < -0.3 is 5.11 Å². The van der Waals surface area contributed by atoms with Crippen molar-refractivity contribution < 1.29 is 5.11 Å². The first-order valence-corrected chi connectivity index (χ1v) is 15.4. The second kappa shape index (κ2) is 11.6. The summed E-state index contributed by atoms with van der Waals surface area (Å²) in [6, 6.07) is 32.8. The number of rotatable bonds is 8. The Hall–Kier alpha value is -1.37. The molecule has 2 atom stereocenters. The van der Waals surface area contributed by atoms with Gasteiger partial charge in [-0.2, -0.15) is 0 Å². The van der Waals surface area contributed by atoms with Crippen molar-refractivity contribution in [1.29, 1.82) is 0 Å². The summed E-state index contributed by atoms with van der Waals surface area (Å²) in [6.07, 6.45) is 3.08. The molecule has 2 nitrogen and oxygen atoms in total. The normalized spacial score (nSPS) is 20.9. The fourth-order valence-electron chi connectivity index (χ4n) is 5.50. The summed E-state index contributed by atoms with van der Waals surface area (Å²) in [6.45, 7) is 0.970. The molecule has 3 aromatic rings. The number of hydrogen-bond acceptors (Lipinski definition) is 5. The maximum absolute atomic E-state index is 11.6. The monoisotopic (exact) mass is 507 g/mol. The van der Waals surface area contributed by atoms with Crippen LogP contribution in [0.4, 0.5) is 0 Å². The number of nitrogens with zero attached hydrogens (tertiary/aromatic N) is 1. The standard InChI is InChI=1S/C29H33NOS3/c31-27(22-34-28-32-20-11-21-33-28)26-18-10-19-30(26)29(23-12-4-1-5-13-23,24-14-6-2-7-15-24)25-16-8-3-9-17-25/h1-9,12-17,26-28,31H,10-11,18-22H2/t26?,27-/m0/s1. The molecule has 1 N–H and O–H groups in total. The summed E-state index contributed by atoms with van der Waals surface area (Å²) in [5, 5.41) is 11.6. The Morgan fingerprint density at radius 1 is 0.794 bits per heavy atom. The molecule has 178 valence electrons. The van der Waals surface area contributed by atoms with E-state index < -0.39 is 5.54 Å². The third-order valence-corrected chi connectivity index (χ3v) is 11.8. The van der Waals surface area contributed by atoms with Gasteiger partial charge in [-0.1, -0.05) is 91.0 Å². The summed E-state index contributed by atoms with van der Waals surface area (Å²) < 4.78 is 0.556. The third-order valence-electron chi connectivity index (χ3n) is 6.95. The fraction of sp³-hybridized carbons (Fsp3) is 0.379. The molecule has 5 heteroatoms. The highest BCUT2D eigenvalue weighted by atomic mass is 32.3. The molecule has 0 spiro atoms. The Kier molecular flexibility index (Phi) is 8.28. The van der Waals surface area contributed by atoms with E-state index in [0.717, 1.165) is 25.1 Å². The molecule has 3 aromatic carbocycles. The summed E-state index contributed by atoms with van der Waals surface area (Å²) in [5.41, 5.74) is 3.35. The lowest BCUT2D eigenvalue weighted by Crippen LogP contribution is -2.54. The van der Waals surface area contributed by atoms with Gasteiger partial charge in [-0.15, -0.1) is 35.3 Å². The van der Waals surface area contributed by atoms with Crippen LogP contribution in [0.2, 0.25) is 0 Å². The Morgan fingerprint density at radius 3 is 1.79 bits per heavy atom. The van der Waals surface area contributed by atoms with Gasteiger partial charge in [0.2, 0.25) is 0 Å². The van der Waals surface area contributed by atoms with Crippen molar-refractivity contribution in [2.24, 2.45) is 0 Å². The molecule has 2 saturated heterocycles. The quantitative estimate of drug-likeness (QED) is 0.342. The van der Waals surface area contributed by atoms with Gasteiger partial charge >= 0.3 is 0 Å². The predicted octanol–water partition coefficient (Wildman–Crippen LogP) is 6.69. The first-order chi connectivity index (χ1) is 16.8. The van der Waals surface area contributed by atoms with E-state index in [2.05, 4.69) is 95.9 Å². The number of aliphatic hydroxyl groups excluding tert-OH is 1. The first-order valence-electron chi connectivity index (χ1n) is 12.3. The van der Waals surface area contributed by atoms with Crippen LogP contribution in [0, 0.1) is 0 Å². The number of benzene rings is 3. The lowest BCUT2D eigenvalue weighted by molar-refractivity contribution is 0.0460. The zero-order valence-electron chi connectivity index (χ0n) is 19.5. The molecular formula is C29H33NOS3. The van der Waals surface area contributed by atoms with Gasteiger partial charge in [-0.25, -0.2) is 0 Å². The van der Waals surface area contributed by atoms with Gasteiger partial charge in [-0.3, -0.25) is 4.90 Å². The molecule has 1 unspecified atom stereocenters. The van der Waals surface area contributed by atoms with Crippen LogP contribution in [0.15, 0.2) is 91.0 Å². The highest BCUT2D eigenvalue weighted by Gasteiger charge is 2.48. The largest absolute Gasteiger partial charge is 0.391 e. The van der Waals surface area contributed by atoms with Crippen LogP contribution in [0.1, 0.15) is 36.0 Å². The minimum atomic E-state index is -0.440. The molecule has 5 rings (SSSR count). The van der Waals surface area contributed by atoms with Crippen LogP contribution in [0.5, 0.6) is 0 Å². The predicted molar refractivity (Wildman–Crippen MR) is 151 cm³/mol.